The molecule has 0 saturated carbocycles. The highest BCUT2D eigenvalue weighted by Gasteiger charge is 2.35. The second-order valence-corrected chi connectivity index (χ2v) is 6.40. The summed E-state index contributed by atoms with van der Waals surface area (Å²) < 4.78 is 5.16. The number of methoxy groups -OCH3 is 1. The van der Waals surface area contributed by atoms with Gasteiger partial charge in [0.2, 0.25) is 11.8 Å². The van der Waals surface area contributed by atoms with E-state index in [2.05, 4.69) is 5.32 Å². The molecule has 1 fully saturated rings. The van der Waals surface area contributed by atoms with Crippen LogP contribution in [0.3, 0.4) is 0 Å². The molecule has 2 amide bonds. The molecule has 0 aliphatic carbocycles. The van der Waals surface area contributed by atoms with Gasteiger partial charge in [-0.05, 0) is 49.2 Å². The van der Waals surface area contributed by atoms with Gasteiger partial charge in [0, 0.05) is 30.4 Å². The van der Waals surface area contributed by atoms with Gasteiger partial charge in [-0.3, -0.25) is 9.59 Å². The molecule has 5 heteroatoms. The number of hydrogen-bond acceptors (Lipinski definition) is 3. The van der Waals surface area contributed by atoms with E-state index in [1.807, 2.05) is 44.2 Å². The maximum atomic E-state index is 12.5. The fraction of sp³-hybridized carbons (Fsp3) is 0.300. The van der Waals surface area contributed by atoms with Gasteiger partial charge in [-0.15, -0.1) is 0 Å². The highest BCUT2D eigenvalue weighted by molar-refractivity contribution is 6.03. The van der Waals surface area contributed by atoms with Crippen LogP contribution < -0.4 is 15.0 Å². The lowest BCUT2D eigenvalue weighted by Crippen LogP contribution is -2.28. The summed E-state index contributed by atoms with van der Waals surface area (Å²) in [4.78, 5) is 26.6. The molecule has 130 valence electrons. The van der Waals surface area contributed by atoms with Crippen LogP contribution in [0, 0.1) is 19.8 Å². The third-order valence-electron chi connectivity index (χ3n) is 4.64. The Morgan fingerprint density at radius 2 is 1.96 bits per heavy atom. The molecule has 1 aliphatic rings. The predicted molar refractivity (Wildman–Crippen MR) is 98.0 cm³/mol. The fourth-order valence-corrected chi connectivity index (χ4v) is 2.97. The third-order valence-corrected chi connectivity index (χ3v) is 4.64. The van der Waals surface area contributed by atoms with Gasteiger partial charge in [0.1, 0.15) is 5.75 Å². The lowest BCUT2D eigenvalue weighted by molar-refractivity contribution is -0.122. The molecule has 2 aromatic rings. The lowest BCUT2D eigenvalue weighted by atomic mass is 10.1. The number of amides is 2. The van der Waals surface area contributed by atoms with E-state index in [0.29, 0.717) is 18.0 Å². The lowest BCUT2D eigenvalue weighted by Gasteiger charge is -2.18. The van der Waals surface area contributed by atoms with Gasteiger partial charge in [-0.2, -0.15) is 0 Å². The van der Waals surface area contributed by atoms with Gasteiger partial charge >= 0.3 is 0 Å². The van der Waals surface area contributed by atoms with E-state index >= 15 is 0 Å². The topological polar surface area (TPSA) is 58.6 Å². The number of hydrogen-bond donors (Lipinski definition) is 1. The smallest absolute Gasteiger partial charge is 0.229 e. The van der Waals surface area contributed by atoms with Gasteiger partial charge in [-0.1, -0.05) is 12.1 Å². The summed E-state index contributed by atoms with van der Waals surface area (Å²) >= 11 is 0. The first-order valence-corrected chi connectivity index (χ1v) is 8.30. The molecule has 2 aromatic carbocycles. The number of rotatable bonds is 4. The average molecular weight is 338 g/mol. The Morgan fingerprint density at radius 3 is 2.68 bits per heavy atom. The Bertz CT molecular complexity index is 816. The SMILES string of the molecule is COc1cccc(NC(=O)[C@@H]2CC(=O)N(c3ccc(C)c(C)c3)C2)c1. The number of nitrogens with zero attached hydrogens (tertiary/aromatic N) is 1. The standard InChI is InChI=1S/C20H22N2O3/c1-13-7-8-17(9-14(13)2)22-12-15(10-19(22)23)20(24)21-16-5-4-6-18(11-16)25-3/h4-9,11,15H,10,12H2,1-3H3,(H,21,24)/t15-/m1/s1. The Hall–Kier alpha value is -2.82. The predicted octanol–water partition coefficient (Wildman–Crippen LogP) is 3.30. The number of anilines is 2. The van der Waals surface area contributed by atoms with Crippen molar-refractivity contribution >= 4 is 23.2 Å². The zero-order chi connectivity index (χ0) is 18.0. The molecular formula is C20H22N2O3. The summed E-state index contributed by atoms with van der Waals surface area (Å²) in [5, 5.41) is 2.87. The van der Waals surface area contributed by atoms with Gasteiger partial charge in [-0.25, -0.2) is 0 Å². The summed E-state index contributed by atoms with van der Waals surface area (Å²) in [6.07, 6.45) is 0.225. The summed E-state index contributed by atoms with van der Waals surface area (Å²) in [7, 11) is 1.58. The number of ether oxygens (including phenoxy) is 1. The average Bonchev–Trinajstić information content (AvgIpc) is 2.99. The number of nitrogens with one attached hydrogen (secondary N) is 1. The van der Waals surface area contributed by atoms with Crippen molar-refractivity contribution in [2.75, 3.05) is 23.9 Å². The summed E-state index contributed by atoms with van der Waals surface area (Å²) in [5.41, 5.74) is 3.84. The van der Waals surface area contributed by atoms with E-state index in [-0.39, 0.29) is 24.2 Å². The van der Waals surface area contributed by atoms with Crippen molar-refractivity contribution in [1.29, 1.82) is 0 Å². The minimum Gasteiger partial charge on any atom is -0.497 e. The van der Waals surface area contributed by atoms with Crippen LogP contribution in [0.1, 0.15) is 17.5 Å². The normalized spacial score (nSPS) is 16.8. The van der Waals surface area contributed by atoms with Crippen molar-refractivity contribution in [2.45, 2.75) is 20.3 Å². The van der Waals surface area contributed by atoms with E-state index in [1.165, 1.54) is 5.56 Å². The summed E-state index contributed by atoms with van der Waals surface area (Å²) in [6.45, 7) is 4.46. The van der Waals surface area contributed by atoms with Crippen molar-refractivity contribution in [3.63, 3.8) is 0 Å². The van der Waals surface area contributed by atoms with E-state index in [9.17, 15) is 9.59 Å². The highest BCUT2D eigenvalue weighted by atomic mass is 16.5. The molecule has 1 atom stereocenters. The molecule has 25 heavy (non-hydrogen) atoms. The Labute approximate surface area is 147 Å². The zero-order valence-electron chi connectivity index (χ0n) is 14.7. The van der Waals surface area contributed by atoms with E-state index in [4.69, 9.17) is 4.74 Å². The zero-order valence-corrected chi connectivity index (χ0v) is 14.7. The first kappa shape index (κ1) is 17.0. The van der Waals surface area contributed by atoms with Crippen LogP contribution >= 0.6 is 0 Å². The molecule has 1 heterocycles. The van der Waals surface area contributed by atoms with E-state index in [1.54, 1.807) is 24.1 Å². The number of aryl methyl sites for hydroxylation is 2. The minimum absolute atomic E-state index is 0.0194. The van der Waals surface area contributed by atoms with E-state index in [0.717, 1.165) is 11.3 Å². The maximum absolute atomic E-state index is 12.5. The molecule has 3 rings (SSSR count). The molecule has 1 aliphatic heterocycles. The summed E-state index contributed by atoms with van der Waals surface area (Å²) in [6, 6.07) is 13.1. The molecule has 0 unspecified atom stereocenters. The molecule has 1 N–H and O–H groups in total. The quantitative estimate of drug-likeness (QED) is 0.930. The molecule has 1 saturated heterocycles. The van der Waals surface area contributed by atoms with Crippen LogP contribution in [0.2, 0.25) is 0 Å². The Kier molecular flexibility index (Phi) is 4.74. The third kappa shape index (κ3) is 3.65. The van der Waals surface area contributed by atoms with Crippen molar-refractivity contribution in [3.8, 4) is 5.75 Å². The van der Waals surface area contributed by atoms with Crippen LogP contribution in [-0.2, 0) is 9.59 Å². The number of carbonyl (C=O) groups excluding carboxylic acids is 2. The minimum atomic E-state index is -0.361. The van der Waals surface area contributed by atoms with E-state index < -0.39 is 0 Å². The fourth-order valence-electron chi connectivity index (χ4n) is 2.97. The van der Waals surface area contributed by atoms with Crippen LogP contribution in [0.5, 0.6) is 5.75 Å². The maximum Gasteiger partial charge on any atom is 0.229 e. The van der Waals surface area contributed by atoms with Crippen molar-refractivity contribution in [2.24, 2.45) is 5.92 Å². The molecular weight excluding hydrogens is 316 g/mol. The van der Waals surface area contributed by atoms with Gasteiger partial charge in [0.15, 0.2) is 0 Å². The second-order valence-electron chi connectivity index (χ2n) is 6.40. The van der Waals surface area contributed by atoms with Crippen molar-refractivity contribution < 1.29 is 14.3 Å². The van der Waals surface area contributed by atoms with Crippen molar-refractivity contribution in [3.05, 3.63) is 53.6 Å². The monoisotopic (exact) mass is 338 g/mol. The van der Waals surface area contributed by atoms with Crippen LogP contribution in [0.4, 0.5) is 11.4 Å². The number of carbonyl (C=O) groups is 2. The summed E-state index contributed by atoms with van der Waals surface area (Å²) in [5.74, 6) is 0.152. The van der Waals surface area contributed by atoms with Crippen molar-refractivity contribution in [1.82, 2.24) is 0 Å². The van der Waals surface area contributed by atoms with Crippen LogP contribution in [0.25, 0.3) is 0 Å². The Morgan fingerprint density at radius 1 is 1.16 bits per heavy atom. The highest BCUT2D eigenvalue weighted by Crippen LogP contribution is 2.28. The van der Waals surface area contributed by atoms with Gasteiger partial charge in [0.25, 0.3) is 0 Å². The molecule has 0 bridgehead atoms. The largest absolute Gasteiger partial charge is 0.497 e. The molecule has 5 nitrogen and oxygen atoms in total. The van der Waals surface area contributed by atoms with Crippen LogP contribution in [0.15, 0.2) is 42.5 Å². The first-order valence-electron chi connectivity index (χ1n) is 8.30. The second kappa shape index (κ2) is 6.97. The Balaban J connectivity index is 1.70. The number of benzene rings is 2. The molecule has 0 aromatic heterocycles. The van der Waals surface area contributed by atoms with Gasteiger partial charge < -0.3 is 15.0 Å². The molecule has 0 radical (unpaired) electrons. The first-order chi connectivity index (χ1) is 12.0. The molecule has 0 spiro atoms. The van der Waals surface area contributed by atoms with Gasteiger partial charge in [0.05, 0.1) is 13.0 Å². The van der Waals surface area contributed by atoms with Crippen LogP contribution in [-0.4, -0.2) is 25.5 Å².